The first-order chi connectivity index (χ1) is 9.68. The number of aliphatic hydroxyl groups is 1. The van der Waals surface area contributed by atoms with Crippen LogP contribution in [0.1, 0.15) is 49.3 Å². The van der Waals surface area contributed by atoms with Gasteiger partial charge < -0.3 is 10.0 Å². The fourth-order valence-electron chi connectivity index (χ4n) is 3.80. The van der Waals surface area contributed by atoms with Crippen molar-refractivity contribution < 1.29 is 5.11 Å². The number of benzene rings is 1. The normalized spacial score (nSPS) is 21.9. The Kier molecular flexibility index (Phi) is 4.13. The van der Waals surface area contributed by atoms with E-state index in [-0.39, 0.29) is 0 Å². The van der Waals surface area contributed by atoms with Gasteiger partial charge in [0, 0.05) is 19.5 Å². The molecule has 2 heteroatoms. The minimum absolute atomic E-state index is 0.475. The van der Waals surface area contributed by atoms with E-state index in [4.69, 9.17) is 0 Å². The largest absolute Gasteiger partial charge is 0.389 e. The Labute approximate surface area is 122 Å². The lowest BCUT2D eigenvalue weighted by atomic mass is 9.84. The molecule has 1 aliphatic carbocycles. The van der Waals surface area contributed by atoms with Crippen LogP contribution >= 0.6 is 0 Å². The van der Waals surface area contributed by atoms with Gasteiger partial charge in [0.15, 0.2) is 0 Å². The van der Waals surface area contributed by atoms with Crippen molar-refractivity contribution in [1.82, 2.24) is 4.90 Å². The molecule has 0 unspecified atom stereocenters. The first-order valence-electron chi connectivity index (χ1n) is 8.24. The maximum atomic E-state index is 10.8. The number of piperidine rings is 1. The molecule has 3 rings (SSSR count). The summed E-state index contributed by atoms with van der Waals surface area (Å²) >= 11 is 0. The van der Waals surface area contributed by atoms with Crippen molar-refractivity contribution in [1.29, 1.82) is 0 Å². The van der Waals surface area contributed by atoms with Crippen LogP contribution in [0.2, 0.25) is 0 Å². The molecule has 1 aliphatic heterocycles. The number of rotatable bonds is 4. The molecule has 1 N–H and O–H groups in total. The average Bonchev–Trinajstić information content (AvgIpc) is 2.89. The summed E-state index contributed by atoms with van der Waals surface area (Å²) in [6.45, 7) is 5.50. The SMILES string of the molecule is CCCN1CCC(O)(Cc2ccc3c(c2)CCC3)CC1. The maximum absolute atomic E-state index is 10.8. The zero-order valence-corrected chi connectivity index (χ0v) is 12.7. The van der Waals surface area contributed by atoms with Gasteiger partial charge in [-0.3, -0.25) is 0 Å². The number of nitrogens with zero attached hydrogens (tertiary/aromatic N) is 1. The lowest BCUT2D eigenvalue weighted by Gasteiger charge is -2.38. The van der Waals surface area contributed by atoms with E-state index in [1.807, 2.05) is 0 Å². The van der Waals surface area contributed by atoms with Crippen LogP contribution in [-0.4, -0.2) is 35.2 Å². The van der Waals surface area contributed by atoms with Gasteiger partial charge >= 0.3 is 0 Å². The lowest BCUT2D eigenvalue weighted by Crippen LogP contribution is -2.45. The number of likely N-dealkylation sites (tertiary alicyclic amines) is 1. The van der Waals surface area contributed by atoms with E-state index >= 15 is 0 Å². The summed E-state index contributed by atoms with van der Waals surface area (Å²) < 4.78 is 0. The molecule has 0 saturated carbocycles. The Bertz CT molecular complexity index is 460. The first-order valence-corrected chi connectivity index (χ1v) is 8.24. The lowest BCUT2D eigenvalue weighted by molar-refractivity contribution is -0.0205. The average molecular weight is 273 g/mol. The van der Waals surface area contributed by atoms with Gasteiger partial charge in [-0.15, -0.1) is 0 Å². The maximum Gasteiger partial charge on any atom is 0.0712 e. The summed E-state index contributed by atoms with van der Waals surface area (Å²) in [6, 6.07) is 6.87. The highest BCUT2D eigenvalue weighted by Gasteiger charge is 2.32. The Balaban J connectivity index is 1.63. The van der Waals surface area contributed by atoms with E-state index in [9.17, 15) is 5.11 Å². The van der Waals surface area contributed by atoms with E-state index in [2.05, 4.69) is 30.0 Å². The van der Waals surface area contributed by atoms with Crippen LogP contribution in [-0.2, 0) is 19.3 Å². The summed E-state index contributed by atoms with van der Waals surface area (Å²) in [5.74, 6) is 0. The van der Waals surface area contributed by atoms with Crippen molar-refractivity contribution in [2.24, 2.45) is 0 Å². The van der Waals surface area contributed by atoms with Gasteiger partial charge in [0.25, 0.3) is 0 Å². The predicted molar refractivity (Wildman–Crippen MR) is 83.1 cm³/mol. The van der Waals surface area contributed by atoms with Gasteiger partial charge in [-0.25, -0.2) is 0 Å². The highest BCUT2D eigenvalue weighted by atomic mass is 16.3. The fraction of sp³-hybridized carbons (Fsp3) is 0.667. The second-order valence-electron chi connectivity index (χ2n) is 6.70. The molecule has 0 spiro atoms. The molecule has 1 heterocycles. The van der Waals surface area contributed by atoms with Crippen LogP contribution in [0.25, 0.3) is 0 Å². The summed E-state index contributed by atoms with van der Waals surface area (Å²) in [6.07, 6.45) is 7.66. The minimum Gasteiger partial charge on any atom is -0.389 e. The summed E-state index contributed by atoms with van der Waals surface area (Å²) in [5.41, 5.74) is 3.90. The van der Waals surface area contributed by atoms with E-state index in [1.165, 1.54) is 48.9 Å². The third-order valence-electron chi connectivity index (χ3n) is 5.02. The Morgan fingerprint density at radius 1 is 1.15 bits per heavy atom. The second-order valence-corrected chi connectivity index (χ2v) is 6.70. The van der Waals surface area contributed by atoms with E-state index in [1.54, 1.807) is 0 Å². The molecular formula is C18H27NO. The van der Waals surface area contributed by atoms with Gasteiger partial charge in [0.2, 0.25) is 0 Å². The summed E-state index contributed by atoms with van der Waals surface area (Å²) in [7, 11) is 0. The molecule has 0 bridgehead atoms. The van der Waals surface area contributed by atoms with E-state index in [0.717, 1.165) is 32.4 Å². The monoisotopic (exact) mass is 273 g/mol. The third-order valence-corrected chi connectivity index (χ3v) is 5.02. The van der Waals surface area contributed by atoms with Crippen molar-refractivity contribution in [2.75, 3.05) is 19.6 Å². The standard InChI is InChI=1S/C18H27NO/c1-2-10-19-11-8-18(20,9-12-19)14-15-6-7-16-4-3-5-17(16)13-15/h6-7,13,20H,2-5,8-12,14H2,1H3. The number of hydrogen-bond donors (Lipinski definition) is 1. The van der Waals surface area contributed by atoms with Crippen molar-refractivity contribution in [3.05, 3.63) is 34.9 Å². The topological polar surface area (TPSA) is 23.5 Å². The first kappa shape index (κ1) is 14.1. The van der Waals surface area contributed by atoms with Crippen LogP contribution < -0.4 is 0 Å². The number of fused-ring (bicyclic) bond motifs is 1. The molecule has 2 nitrogen and oxygen atoms in total. The summed E-state index contributed by atoms with van der Waals surface area (Å²) in [4.78, 5) is 2.48. The molecule has 20 heavy (non-hydrogen) atoms. The van der Waals surface area contributed by atoms with Crippen molar-refractivity contribution >= 4 is 0 Å². The zero-order chi connectivity index (χ0) is 14.0. The molecule has 0 radical (unpaired) electrons. The number of hydrogen-bond acceptors (Lipinski definition) is 2. The molecule has 1 saturated heterocycles. The highest BCUT2D eigenvalue weighted by Crippen LogP contribution is 2.29. The fourth-order valence-corrected chi connectivity index (χ4v) is 3.80. The molecule has 1 aromatic rings. The zero-order valence-electron chi connectivity index (χ0n) is 12.7. The van der Waals surface area contributed by atoms with Gasteiger partial charge in [0.1, 0.15) is 0 Å². The molecular weight excluding hydrogens is 246 g/mol. The molecule has 0 aromatic heterocycles. The Morgan fingerprint density at radius 2 is 1.90 bits per heavy atom. The minimum atomic E-state index is -0.475. The highest BCUT2D eigenvalue weighted by molar-refractivity contribution is 5.35. The van der Waals surface area contributed by atoms with Crippen molar-refractivity contribution in [3.63, 3.8) is 0 Å². The van der Waals surface area contributed by atoms with Crippen LogP contribution in [0.15, 0.2) is 18.2 Å². The molecule has 110 valence electrons. The van der Waals surface area contributed by atoms with Gasteiger partial charge in [-0.05, 0) is 61.8 Å². The van der Waals surface area contributed by atoms with Crippen LogP contribution in [0.4, 0.5) is 0 Å². The Hall–Kier alpha value is -0.860. The quantitative estimate of drug-likeness (QED) is 0.911. The van der Waals surface area contributed by atoms with Crippen LogP contribution in [0.3, 0.4) is 0 Å². The molecule has 1 aromatic carbocycles. The van der Waals surface area contributed by atoms with Gasteiger partial charge in [-0.2, -0.15) is 0 Å². The molecule has 0 atom stereocenters. The van der Waals surface area contributed by atoms with Gasteiger partial charge in [0.05, 0.1) is 5.60 Å². The summed E-state index contributed by atoms with van der Waals surface area (Å²) in [5, 5.41) is 10.8. The Morgan fingerprint density at radius 3 is 2.65 bits per heavy atom. The predicted octanol–water partition coefficient (Wildman–Crippen LogP) is 2.95. The van der Waals surface area contributed by atoms with E-state index < -0.39 is 5.60 Å². The smallest absolute Gasteiger partial charge is 0.0712 e. The van der Waals surface area contributed by atoms with Crippen LogP contribution in [0, 0.1) is 0 Å². The van der Waals surface area contributed by atoms with Crippen molar-refractivity contribution in [2.45, 2.75) is 57.5 Å². The second kappa shape index (κ2) is 5.87. The van der Waals surface area contributed by atoms with Gasteiger partial charge in [-0.1, -0.05) is 25.1 Å². The molecule has 0 amide bonds. The molecule has 2 aliphatic rings. The third kappa shape index (κ3) is 3.07. The van der Waals surface area contributed by atoms with Crippen molar-refractivity contribution in [3.8, 4) is 0 Å². The number of aryl methyl sites for hydroxylation is 2. The molecule has 1 fully saturated rings. The van der Waals surface area contributed by atoms with E-state index in [0.29, 0.717) is 0 Å². The van der Waals surface area contributed by atoms with Crippen LogP contribution in [0.5, 0.6) is 0 Å².